The normalized spacial score (nSPS) is 17.8. The highest BCUT2D eigenvalue weighted by Crippen LogP contribution is 2.10. The summed E-state index contributed by atoms with van der Waals surface area (Å²) in [4.78, 5) is 2.12. The third kappa shape index (κ3) is 5.70. The summed E-state index contributed by atoms with van der Waals surface area (Å²) in [5.41, 5.74) is 0. The highest BCUT2D eigenvalue weighted by molar-refractivity contribution is 8.23. The van der Waals surface area contributed by atoms with E-state index in [1.807, 2.05) is 0 Å². The molecule has 0 unspecified atom stereocenters. The van der Waals surface area contributed by atoms with Gasteiger partial charge in [-0.3, -0.25) is 0 Å². The number of thioether (sulfide) groups is 1. The number of sulfone groups is 1. The molecule has 1 saturated heterocycles. The molecule has 4 nitrogen and oxygen atoms in total. The lowest BCUT2D eigenvalue weighted by Gasteiger charge is -2.29. The Balaban J connectivity index is 2.23. The highest BCUT2D eigenvalue weighted by Gasteiger charge is 2.13. The summed E-state index contributed by atoms with van der Waals surface area (Å²) >= 11 is 6.69. The fourth-order valence-corrected chi connectivity index (χ4v) is 3.74. The van der Waals surface area contributed by atoms with Crippen LogP contribution in [0.4, 0.5) is 0 Å². The number of hydrogen-bond donors (Lipinski definition) is 1. The van der Waals surface area contributed by atoms with E-state index in [1.165, 1.54) is 18.0 Å². The predicted molar refractivity (Wildman–Crippen MR) is 69.2 cm³/mol. The largest absolute Gasteiger partial charge is 0.355 e. The first-order valence-electron chi connectivity index (χ1n) is 4.79. The van der Waals surface area contributed by atoms with Crippen LogP contribution in [0, 0.1) is 0 Å². The van der Waals surface area contributed by atoms with Gasteiger partial charge in [0.15, 0.2) is 0 Å². The van der Waals surface area contributed by atoms with Gasteiger partial charge < -0.3 is 10.2 Å². The Morgan fingerprint density at radius 3 is 2.60 bits per heavy atom. The minimum absolute atomic E-state index is 0.198. The third-order valence-electron chi connectivity index (χ3n) is 2.05. The summed E-state index contributed by atoms with van der Waals surface area (Å²) in [6.07, 6.45) is 1.25. The predicted octanol–water partition coefficient (Wildman–Crippen LogP) is -0.0457. The molecular weight excluding hydrogens is 252 g/mol. The minimum Gasteiger partial charge on any atom is -0.355 e. The molecule has 15 heavy (non-hydrogen) atoms. The van der Waals surface area contributed by atoms with Crippen LogP contribution in [0.3, 0.4) is 0 Å². The molecule has 1 aliphatic heterocycles. The molecule has 1 aliphatic rings. The quantitative estimate of drug-likeness (QED) is 0.725. The monoisotopic (exact) mass is 268 g/mol. The summed E-state index contributed by atoms with van der Waals surface area (Å²) in [5, 5.41) is 3.24. The van der Waals surface area contributed by atoms with Crippen molar-refractivity contribution < 1.29 is 8.42 Å². The van der Waals surface area contributed by atoms with Crippen molar-refractivity contribution in [2.45, 2.75) is 0 Å². The Morgan fingerprint density at radius 2 is 2.07 bits per heavy atom. The maximum Gasteiger partial charge on any atom is 0.148 e. The molecule has 0 amide bonds. The molecule has 1 N–H and O–H groups in total. The average molecular weight is 268 g/mol. The van der Waals surface area contributed by atoms with Gasteiger partial charge >= 0.3 is 0 Å². The van der Waals surface area contributed by atoms with Crippen molar-refractivity contribution in [3.63, 3.8) is 0 Å². The minimum atomic E-state index is -2.86. The van der Waals surface area contributed by atoms with Crippen LogP contribution in [-0.2, 0) is 9.84 Å². The van der Waals surface area contributed by atoms with Crippen molar-refractivity contribution in [1.29, 1.82) is 0 Å². The van der Waals surface area contributed by atoms with E-state index in [9.17, 15) is 8.42 Å². The van der Waals surface area contributed by atoms with Gasteiger partial charge in [0.05, 0.1) is 5.75 Å². The van der Waals surface area contributed by atoms with Crippen LogP contribution >= 0.6 is 24.0 Å². The molecule has 0 radical (unpaired) electrons. The van der Waals surface area contributed by atoms with Gasteiger partial charge in [-0.2, -0.15) is 0 Å². The second-order valence-electron chi connectivity index (χ2n) is 3.48. The maximum atomic E-state index is 10.9. The van der Waals surface area contributed by atoms with Crippen molar-refractivity contribution in [2.24, 2.45) is 0 Å². The van der Waals surface area contributed by atoms with Crippen LogP contribution < -0.4 is 5.32 Å². The Kier molecular flexibility index (Phi) is 5.31. The van der Waals surface area contributed by atoms with E-state index in [-0.39, 0.29) is 5.75 Å². The molecule has 88 valence electrons. The van der Waals surface area contributed by atoms with Crippen molar-refractivity contribution >= 4 is 38.1 Å². The molecule has 7 heteroatoms. The van der Waals surface area contributed by atoms with Gasteiger partial charge in [-0.25, -0.2) is 8.42 Å². The first-order valence-corrected chi connectivity index (χ1v) is 8.24. The van der Waals surface area contributed by atoms with Gasteiger partial charge in [-0.05, 0) is 0 Å². The molecule has 0 bridgehead atoms. The fraction of sp³-hybridized carbons (Fsp3) is 0.875. The molecule has 0 aromatic carbocycles. The highest BCUT2D eigenvalue weighted by atomic mass is 32.2. The summed E-state index contributed by atoms with van der Waals surface area (Å²) in [5.74, 6) is 0.755. The van der Waals surface area contributed by atoms with Crippen LogP contribution in [0.2, 0.25) is 0 Å². The second kappa shape index (κ2) is 6.03. The molecule has 1 rings (SSSR count). The lowest BCUT2D eigenvalue weighted by molar-refractivity contribution is 0.368. The summed E-state index contributed by atoms with van der Waals surface area (Å²) in [6, 6.07) is 0. The van der Waals surface area contributed by atoms with E-state index in [1.54, 1.807) is 0 Å². The average Bonchev–Trinajstić information content (AvgIpc) is 2.17. The van der Waals surface area contributed by atoms with Gasteiger partial charge in [0.1, 0.15) is 14.2 Å². The summed E-state index contributed by atoms with van der Waals surface area (Å²) in [6.45, 7) is 3.75. The number of thiocarbonyl (C=S) groups is 1. The van der Waals surface area contributed by atoms with Gasteiger partial charge in [0.2, 0.25) is 0 Å². The zero-order chi connectivity index (χ0) is 11.3. The molecule has 0 saturated carbocycles. The Morgan fingerprint density at radius 1 is 1.47 bits per heavy atom. The molecule has 1 heterocycles. The Hall–Kier alpha value is 0.150. The Bertz CT molecular complexity index is 310. The van der Waals surface area contributed by atoms with Crippen molar-refractivity contribution in [2.75, 3.05) is 43.9 Å². The van der Waals surface area contributed by atoms with Crippen LogP contribution in [0.25, 0.3) is 0 Å². The van der Waals surface area contributed by atoms with Crippen molar-refractivity contribution in [1.82, 2.24) is 10.2 Å². The lowest BCUT2D eigenvalue weighted by atomic mass is 10.4. The molecule has 0 aromatic heterocycles. The molecule has 0 spiro atoms. The van der Waals surface area contributed by atoms with Gasteiger partial charge in [0, 0.05) is 38.2 Å². The van der Waals surface area contributed by atoms with E-state index >= 15 is 0 Å². The maximum absolute atomic E-state index is 10.9. The van der Waals surface area contributed by atoms with Crippen LogP contribution in [0.5, 0.6) is 0 Å². The third-order valence-corrected chi connectivity index (χ3v) is 4.78. The van der Waals surface area contributed by atoms with E-state index < -0.39 is 9.84 Å². The number of nitrogens with zero attached hydrogens (tertiary/aromatic N) is 1. The second-order valence-corrected chi connectivity index (χ2v) is 7.47. The summed E-state index contributed by atoms with van der Waals surface area (Å²) in [7, 11) is -2.86. The standard InChI is InChI=1S/C8H16N2O2S3/c1-15(11,12)7-6-14-8(13)10-4-2-9-3-5-10/h9H,2-7H2,1H3. The number of rotatable bonds is 3. The first kappa shape index (κ1) is 13.2. The molecule has 0 aliphatic carbocycles. The smallest absolute Gasteiger partial charge is 0.148 e. The molecule has 1 fully saturated rings. The van der Waals surface area contributed by atoms with Crippen molar-refractivity contribution in [3.8, 4) is 0 Å². The first-order chi connectivity index (χ1) is 6.99. The van der Waals surface area contributed by atoms with Crippen LogP contribution in [0.15, 0.2) is 0 Å². The molecular formula is C8H16N2O2S3. The van der Waals surface area contributed by atoms with E-state index in [0.29, 0.717) is 5.75 Å². The number of hydrogen-bond acceptors (Lipinski definition) is 5. The number of nitrogens with one attached hydrogen (secondary N) is 1. The number of piperazine rings is 1. The van der Waals surface area contributed by atoms with Crippen molar-refractivity contribution in [3.05, 3.63) is 0 Å². The topological polar surface area (TPSA) is 49.4 Å². The summed E-state index contributed by atoms with van der Waals surface area (Å²) < 4.78 is 22.6. The zero-order valence-corrected chi connectivity index (χ0v) is 11.2. The van der Waals surface area contributed by atoms with Gasteiger partial charge in [0.25, 0.3) is 0 Å². The lowest BCUT2D eigenvalue weighted by Crippen LogP contribution is -2.45. The van der Waals surface area contributed by atoms with Gasteiger partial charge in [-0.15, -0.1) is 0 Å². The SMILES string of the molecule is CS(=O)(=O)CCSC(=S)N1CCNCC1. The fourth-order valence-electron chi connectivity index (χ4n) is 1.22. The zero-order valence-electron chi connectivity index (χ0n) is 8.73. The molecule has 0 atom stereocenters. The van der Waals surface area contributed by atoms with Crippen LogP contribution in [-0.4, -0.2) is 61.6 Å². The Labute approximate surface area is 101 Å². The van der Waals surface area contributed by atoms with Crippen LogP contribution in [0.1, 0.15) is 0 Å². The molecule has 0 aromatic rings. The van der Waals surface area contributed by atoms with E-state index in [4.69, 9.17) is 12.2 Å². The van der Waals surface area contributed by atoms with E-state index in [2.05, 4.69) is 10.2 Å². The van der Waals surface area contributed by atoms with E-state index in [0.717, 1.165) is 30.5 Å². The van der Waals surface area contributed by atoms with Gasteiger partial charge in [-0.1, -0.05) is 24.0 Å².